The average Bonchev–Trinajstić information content (AvgIpc) is 2.97. The van der Waals surface area contributed by atoms with Crippen molar-refractivity contribution >= 4 is 0 Å². The second kappa shape index (κ2) is 7.16. The van der Waals surface area contributed by atoms with Gasteiger partial charge in [-0.2, -0.15) is 0 Å². The molecular formula is C21H25NO3. The van der Waals surface area contributed by atoms with E-state index in [-0.39, 0.29) is 0 Å². The maximum atomic E-state index is 9.89. The largest absolute Gasteiger partial charge is 0.457 e. The van der Waals surface area contributed by atoms with Gasteiger partial charge in [0.25, 0.3) is 0 Å². The van der Waals surface area contributed by atoms with Gasteiger partial charge in [-0.25, -0.2) is 0 Å². The van der Waals surface area contributed by atoms with E-state index < -0.39 is 12.2 Å². The predicted molar refractivity (Wildman–Crippen MR) is 96.5 cm³/mol. The molecule has 132 valence electrons. The molecule has 1 heterocycles. The first-order valence-electron chi connectivity index (χ1n) is 9.08. The molecule has 2 aliphatic rings. The molecule has 1 aliphatic heterocycles. The summed E-state index contributed by atoms with van der Waals surface area (Å²) in [6, 6.07) is 18.0. The van der Waals surface area contributed by atoms with Gasteiger partial charge in [-0.3, -0.25) is 4.90 Å². The van der Waals surface area contributed by atoms with E-state index in [4.69, 9.17) is 4.74 Å². The molecule has 1 saturated heterocycles. The lowest BCUT2D eigenvalue weighted by molar-refractivity contribution is -0.0372. The van der Waals surface area contributed by atoms with Crippen molar-refractivity contribution in [2.75, 3.05) is 13.1 Å². The molecule has 2 aromatic carbocycles. The third-order valence-corrected chi connectivity index (χ3v) is 5.47. The molecule has 1 aliphatic carbocycles. The van der Waals surface area contributed by atoms with E-state index in [0.717, 1.165) is 44.0 Å². The molecule has 0 unspecified atom stereocenters. The van der Waals surface area contributed by atoms with Crippen molar-refractivity contribution in [1.29, 1.82) is 0 Å². The van der Waals surface area contributed by atoms with Gasteiger partial charge in [-0.05, 0) is 54.5 Å². The zero-order valence-electron chi connectivity index (χ0n) is 14.3. The van der Waals surface area contributed by atoms with E-state index >= 15 is 0 Å². The van der Waals surface area contributed by atoms with Crippen molar-refractivity contribution in [1.82, 2.24) is 4.90 Å². The number of ether oxygens (including phenoxy) is 1. The van der Waals surface area contributed by atoms with E-state index in [0.29, 0.717) is 11.8 Å². The summed E-state index contributed by atoms with van der Waals surface area (Å²) < 4.78 is 5.92. The van der Waals surface area contributed by atoms with Crippen LogP contribution in [0.15, 0.2) is 54.6 Å². The Hall–Kier alpha value is -1.88. The maximum absolute atomic E-state index is 9.89. The van der Waals surface area contributed by atoms with Gasteiger partial charge >= 0.3 is 0 Å². The topological polar surface area (TPSA) is 52.9 Å². The highest BCUT2D eigenvalue weighted by molar-refractivity contribution is 5.33. The number of para-hydroxylation sites is 1. The predicted octanol–water partition coefficient (Wildman–Crippen LogP) is 3.04. The van der Waals surface area contributed by atoms with Crippen molar-refractivity contribution in [2.45, 2.75) is 31.6 Å². The second-order valence-electron chi connectivity index (χ2n) is 7.38. The molecule has 4 nitrogen and oxygen atoms in total. The number of aliphatic hydroxyl groups is 2. The van der Waals surface area contributed by atoms with Crippen LogP contribution in [-0.4, -0.2) is 40.4 Å². The number of rotatable bonds is 4. The molecule has 0 aromatic heterocycles. The molecule has 4 atom stereocenters. The average molecular weight is 339 g/mol. The molecule has 25 heavy (non-hydrogen) atoms. The molecular weight excluding hydrogens is 314 g/mol. The van der Waals surface area contributed by atoms with Crippen LogP contribution in [0.3, 0.4) is 0 Å². The highest BCUT2D eigenvalue weighted by Crippen LogP contribution is 2.37. The zero-order chi connectivity index (χ0) is 17.2. The summed E-state index contributed by atoms with van der Waals surface area (Å²) in [5.41, 5.74) is 1.23. The minimum atomic E-state index is -0.552. The summed E-state index contributed by atoms with van der Waals surface area (Å²) in [7, 11) is 0. The lowest BCUT2D eigenvalue weighted by atomic mass is 9.79. The van der Waals surface area contributed by atoms with E-state index in [1.165, 1.54) is 5.56 Å². The summed E-state index contributed by atoms with van der Waals surface area (Å²) in [6.45, 7) is 2.88. The van der Waals surface area contributed by atoms with Crippen molar-refractivity contribution < 1.29 is 14.9 Å². The normalized spacial score (nSPS) is 29.4. The van der Waals surface area contributed by atoms with E-state index in [2.05, 4.69) is 17.0 Å². The molecule has 2 aromatic rings. The van der Waals surface area contributed by atoms with Crippen LogP contribution in [0.5, 0.6) is 11.5 Å². The summed E-state index contributed by atoms with van der Waals surface area (Å²) in [4.78, 5) is 2.43. The van der Waals surface area contributed by atoms with Crippen LogP contribution in [0.4, 0.5) is 0 Å². The van der Waals surface area contributed by atoms with E-state index in [9.17, 15) is 10.2 Å². The highest BCUT2D eigenvalue weighted by Gasteiger charge is 2.40. The summed E-state index contributed by atoms with van der Waals surface area (Å²) in [5, 5.41) is 19.8. The Morgan fingerprint density at radius 2 is 1.48 bits per heavy atom. The van der Waals surface area contributed by atoms with Crippen molar-refractivity contribution in [3.05, 3.63) is 60.2 Å². The molecule has 4 rings (SSSR count). The zero-order valence-corrected chi connectivity index (χ0v) is 14.3. The van der Waals surface area contributed by atoms with Crippen LogP contribution in [0.1, 0.15) is 18.4 Å². The van der Waals surface area contributed by atoms with E-state index in [1.54, 1.807) is 0 Å². The number of hydrogen-bond acceptors (Lipinski definition) is 4. The molecule has 0 amide bonds. The number of nitrogens with zero attached hydrogens (tertiary/aromatic N) is 1. The first-order chi connectivity index (χ1) is 12.2. The Kier molecular flexibility index (Phi) is 4.75. The summed E-state index contributed by atoms with van der Waals surface area (Å²) >= 11 is 0. The van der Waals surface area contributed by atoms with Gasteiger partial charge in [-0.15, -0.1) is 0 Å². The summed E-state index contributed by atoms with van der Waals surface area (Å²) in [5.74, 6) is 2.70. The number of hydrogen-bond donors (Lipinski definition) is 2. The monoisotopic (exact) mass is 339 g/mol. The fourth-order valence-electron chi connectivity index (χ4n) is 4.22. The van der Waals surface area contributed by atoms with Crippen LogP contribution in [0.2, 0.25) is 0 Å². The van der Waals surface area contributed by atoms with Gasteiger partial charge in [0.15, 0.2) is 0 Å². The molecule has 0 radical (unpaired) electrons. The molecule has 2 N–H and O–H groups in total. The van der Waals surface area contributed by atoms with Gasteiger partial charge in [0, 0.05) is 19.6 Å². The van der Waals surface area contributed by atoms with Crippen LogP contribution in [0, 0.1) is 11.8 Å². The number of aliphatic hydroxyl groups excluding tert-OH is 2. The first-order valence-corrected chi connectivity index (χ1v) is 9.08. The van der Waals surface area contributed by atoms with Gasteiger partial charge in [0.2, 0.25) is 0 Å². The van der Waals surface area contributed by atoms with Crippen molar-refractivity contribution in [3.63, 3.8) is 0 Å². The SMILES string of the molecule is O[C@@H]1C[C@@H]2CN(Cc3cccc(Oc4ccccc4)c3)C[C@@H]2C[C@H]1O. The fourth-order valence-corrected chi connectivity index (χ4v) is 4.22. The van der Waals surface area contributed by atoms with Gasteiger partial charge in [0.05, 0.1) is 12.2 Å². The molecule has 4 heteroatoms. The van der Waals surface area contributed by atoms with Crippen LogP contribution < -0.4 is 4.74 Å². The third kappa shape index (κ3) is 3.87. The second-order valence-corrected chi connectivity index (χ2v) is 7.38. The first kappa shape index (κ1) is 16.6. The fraction of sp³-hybridized carbons (Fsp3) is 0.429. The van der Waals surface area contributed by atoms with E-state index in [1.807, 2.05) is 42.5 Å². The van der Waals surface area contributed by atoms with Gasteiger partial charge in [-0.1, -0.05) is 30.3 Å². The minimum absolute atomic E-state index is 0.502. The molecule has 0 spiro atoms. The minimum Gasteiger partial charge on any atom is -0.457 e. The lowest BCUT2D eigenvalue weighted by Crippen LogP contribution is -2.38. The lowest BCUT2D eigenvalue weighted by Gasteiger charge is -2.32. The Morgan fingerprint density at radius 1 is 0.840 bits per heavy atom. The van der Waals surface area contributed by atoms with Crippen LogP contribution >= 0.6 is 0 Å². The van der Waals surface area contributed by atoms with Crippen LogP contribution in [-0.2, 0) is 6.54 Å². The third-order valence-electron chi connectivity index (χ3n) is 5.47. The smallest absolute Gasteiger partial charge is 0.127 e. The Bertz CT molecular complexity index is 687. The standard InChI is InChI=1S/C21H25NO3/c23-20-10-16-13-22(14-17(16)11-21(20)24)12-15-5-4-8-19(9-15)25-18-6-2-1-3-7-18/h1-9,16-17,20-21,23-24H,10-14H2/t16-,17+,20-,21-/m1/s1. The quantitative estimate of drug-likeness (QED) is 0.899. The summed E-state index contributed by atoms with van der Waals surface area (Å²) in [6.07, 6.45) is 0.339. The number of fused-ring (bicyclic) bond motifs is 1. The highest BCUT2D eigenvalue weighted by atomic mass is 16.5. The van der Waals surface area contributed by atoms with Gasteiger partial charge < -0.3 is 14.9 Å². The number of likely N-dealkylation sites (tertiary alicyclic amines) is 1. The van der Waals surface area contributed by atoms with Gasteiger partial charge in [0.1, 0.15) is 11.5 Å². The molecule has 2 fully saturated rings. The molecule has 1 saturated carbocycles. The number of benzene rings is 2. The Labute approximate surface area is 148 Å². The Morgan fingerprint density at radius 3 is 2.16 bits per heavy atom. The molecule has 0 bridgehead atoms. The van der Waals surface area contributed by atoms with Crippen LogP contribution in [0.25, 0.3) is 0 Å². The van der Waals surface area contributed by atoms with Crippen molar-refractivity contribution in [3.8, 4) is 11.5 Å². The Balaban J connectivity index is 1.39. The van der Waals surface area contributed by atoms with Crippen molar-refractivity contribution in [2.24, 2.45) is 11.8 Å². The maximum Gasteiger partial charge on any atom is 0.127 e.